The fraction of sp³-hybridized carbons (Fsp3) is 0.600. The number of anilines is 1. The number of likely N-dealkylation sites (tertiary alicyclic amines) is 1. The normalized spacial score (nSPS) is 19.7. The lowest BCUT2D eigenvalue weighted by Gasteiger charge is -2.38. The number of carbonyl (C=O) groups excluding carboxylic acids is 1. The zero-order chi connectivity index (χ0) is 21.4. The monoisotopic (exact) mass is 427 g/mol. The van der Waals surface area contributed by atoms with E-state index < -0.39 is 5.97 Å². The van der Waals surface area contributed by atoms with E-state index in [1.165, 1.54) is 19.2 Å². The van der Waals surface area contributed by atoms with Gasteiger partial charge in [0.25, 0.3) is 5.91 Å². The standard InChI is InChI=1S/C20H30ClN3O5/c1-28-17-11-15(22)14(21)10-13(17)20(27)23-16-7-9-24(12-18(16)29-2)8-5-3-4-6-19(25)26/h10-11,16,18H,3-9,12,22H2,1-2H3,(H,23,27)(H,25,26)/t16-,18-/m0/s1. The third-order valence-corrected chi connectivity index (χ3v) is 5.52. The van der Waals surface area contributed by atoms with Gasteiger partial charge in [0.1, 0.15) is 5.75 Å². The van der Waals surface area contributed by atoms with Crippen LogP contribution < -0.4 is 15.8 Å². The van der Waals surface area contributed by atoms with Crippen molar-refractivity contribution in [3.05, 3.63) is 22.7 Å². The molecule has 1 saturated heterocycles. The second-order valence-corrected chi connectivity index (χ2v) is 7.63. The van der Waals surface area contributed by atoms with Gasteiger partial charge in [0.15, 0.2) is 0 Å². The van der Waals surface area contributed by atoms with Crippen molar-refractivity contribution in [3.63, 3.8) is 0 Å². The predicted molar refractivity (Wildman–Crippen MR) is 112 cm³/mol. The molecule has 2 rings (SSSR count). The molecule has 2 atom stereocenters. The van der Waals surface area contributed by atoms with Crippen molar-refractivity contribution in [2.45, 2.75) is 44.2 Å². The number of carboxylic acid groups (broad SMARTS) is 1. The minimum atomic E-state index is -0.750. The second-order valence-electron chi connectivity index (χ2n) is 7.22. The van der Waals surface area contributed by atoms with Crippen LogP contribution in [-0.2, 0) is 9.53 Å². The Labute approximate surface area is 176 Å². The molecule has 0 saturated carbocycles. The summed E-state index contributed by atoms with van der Waals surface area (Å²) in [5, 5.41) is 12.0. The molecular formula is C20H30ClN3O5. The highest BCUT2D eigenvalue weighted by Crippen LogP contribution is 2.29. The van der Waals surface area contributed by atoms with Crippen LogP contribution in [0.25, 0.3) is 0 Å². The third kappa shape index (κ3) is 6.76. The van der Waals surface area contributed by atoms with Crippen molar-refractivity contribution in [3.8, 4) is 5.75 Å². The van der Waals surface area contributed by atoms with Gasteiger partial charge in [0, 0.05) is 32.7 Å². The number of carbonyl (C=O) groups is 2. The number of benzene rings is 1. The van der Waals surface area contributed by atoms with Crippen LogP contribution in [0.15, 0.2) is 12.1 Å². The summed E-state index contributed by atoms with van der Waals surface area (Å²) in [5.74, 6) is -0.657. The lowest BCUT2D eigenvalue weighted by Crippen LogP contribution is -2.54. The number of nitrogens with zero attached hydrogens (tertiary/aromatic N) is 1. The average Bonchev–Trinajstić information content (AvgIpc) is 2.69. The molecule has 0 aliphatic carbocycles. The van der Waals surface area contributed by atoms with Gasteiger partial charge >= 0.3 is 5.97 Å². The topological polar surface area (TPSA) is 114 Å². The van der Waals surface area contributed by atoms with E-state index in [2.05, 4.69) is 10.2 Å². The summed E-state index contributed by atoms with van der Waals surface area (Å²) >= 11 is 6.07. The number of methoxy groups -OCH3 is 2. The minimum Gasteiger partial charge on any atom is -0.496 e. The quantitative estimate of drug-likeness (QED) is 0.388. The second kappa shape index (κ2) is 11.2. The SMILES string of the molecule is COc1cc(N)c(Cl)cc1C(=O)N[C@H]1CCN(CCCCCC(=O)O)C[C@@H]1OC. The summed E-state index contributed by atoms with van der Waals surface area (Å²) in [6.07, 6.45) is 3.36. The number of ether oxygens (including phenoxy) is 2. The third-order valence-electron chi connectivity index (χ3n) is 5.19. The van der Waals surface area contributed by atoms with E-state index in [9.17, 15) is 9.59 Å². The van der Waals surface area contributed by atoms with Gasteiger partial charge in [-0.05, 0) is 31.9 Å². The van der Waals surface area contributed by atoms with Crippen molar-refractivity contribution in [1.29, 1.82) is 0 Å². The van der Waals surface area contributed by atoms with Gasteiger partial charge in [-0.3, -0.25) is 9.59 Å². The molecule has 1 aromatic rings. The number of nitrogens with one attached hydrogen (secondary N) is 1. The minimum absolute atomic E-state index is 0.128. The zero-order valence-corrected chi connectivity index (χ0v) is 17.7. The molecule has 1 heterocycles. The van der Waals surface area contributed by atoms with Gasteiger partial charge < -0.3 is 30.5 Å². The number of piperidine rings is 1. The van der Waals surface area contributed by atoms with Crippen LogP contribution in [0.5, 0.6) is 5.75 Å². The fourth-order valence-corrected chi connectivity index (χ4v) is 3.70. The Bertz CT molecular complexity index is 716. The van der Waals surface area contributed by atoms with Crippen LogP contribution in [0.3, 0.4) is 0 Å². The number of carboxylic acids is 1. The molecular weight excluding hydrogens is 398 g/mol. The summed E-state index contributed by atoms with van der Waals surface area (Å²) in [5.41, 5.74) is 6.47. The molecule has 9 heteroatoms. The first-order valence-corrected chi connectivity index (χ1v) is 10.1. The number of amides is 1. The van der Waals surface area contributed by atoms with Gasteiger partial charge in [-0.1, -0.05) is 18.0 Å². The Kier molecular flexibility index (Phi) is 9.00. The molecule has 162 valence electrons. The van der Waals surface area contributed by atoms with Crippen LogP contribution in [-0.4, -0.2) is 67.9 Å². The number of nitrogens with two attached hydrogens (primary N) is 1. The van der Waals surface area contributed by atoms with Crippen molar-refractivity contribution in [2.75, 3.05) is 39.6 Å². The van der Waals surface area contributed by atoms with Gasteiger partial charge in [0.05, 0.1) is 35.5 Å². The van der Waals surface area contributed by atoms with Crippen molar-refractivity contribution >= 4 is 29.2 Å². The molecule has 0 radical (unpaired) electrons. The summed E-state index contributed by atoms with van der Waals surface area (Å²) in [6, 6.07) is 2.92. The highest BCUT2D eigenvalue weighted by atomic mass is 35.5. The Balaban J connectivity index is 1.90. The van der Waals surface area contributed by atoms with Crippen molar-refractivity contribution in [2.24, 2.45) is 0 Å². The number of halogens is 1. The van der Waals surface area contributed by atoms with E-state index >= 15 is 0 Å². The van der Waals surface area contributed by atoms with Gasteiger partial charge in [-0.2, -0.15) is 0 Å². The maximum Gasteiger partial charge on any atom is 0.303 e. The van der Waals surface area contributed by atoms with Crippen molar-refractivity contribution < 1.29 is 24.2 Å². The van der Waals surface area contributed by atoms with E-state index in [-0.39, 0.29) is 24.5 Å². The first kappa shape index (κ1) is 23.3. The highest BCUT2D eigenvalue weighted by molar-refractivity contribution is 6.33. The van der Waals surface area contributed by atoms with Gasteiger partial charge in [0.2, 0.25) is 0 Å². The summed E-state index contributed by atoms with van der Waals surface area (Å²) < 4.78 is 10.9. The van der Waals surface area contributed by atoms with Gasteiger partial charge in [-0.15, -0.1) is 0 Å². The molecule has 0 bridgehead atoms. The Hall–Kier alpha value is -2.03. The summed E-state index contributed by atoms with van der Waals surface area (Å²) in [4.78, 5) is 25.6. The lowest BCUT2D eigenvalue weighted by atomic mass is 10.00. The molecule has 1 fully saturated rings. The maximum atomic E-state index is 12.8. The molecule has 1 amide bonds. The predicted octanol–water partition coefficient (Wildman–Crippen LogP) is 2.39. The summed E-state index contributed by atoms with van der Waals surface area (Å²) in [6.45, 7) is 2.44. The van der Waals surface area contributed by atoms with Crippen LogP contribution in [0.4, 0.5) is 5.69 Å². The largest absolute Gasteiger partial charge is 0.496 e. The van der Waals surface area contributed by atoms with Crippen LogP contribution in [0, 0.1) is 0 Å². The Morgan fingerprint density at radius 3 is 2.72 bits per heavy atom. The molecule has 1 aromatic carbocycles. The van der Waals surface area contributed by atoms with Crippen LogP contribution in [0.1, 0.15) is 42.5 Å². The first-order chi connectivity index (χ1) is 13.8. The first-order valence-electron chi connectivity index (χ1n) is 9.76. The number of aliphatic carboxylic acids is 1. The molecule has 4 N–H and O–H groups in total. The van der Waals surface area contributed by atoms with Gasteiger partial charge in [-0.25, -0.2) is 0 Å². The smallest absolute Gasteiger partial charge is 0.303 e. The lowest BCUT2D eigenvalue weighted by molar-refractivity contribution is -0.137. The van der Waals surface area contributed by atoms with E-state index in [4.69, 9.17) is 31.9 Å². The molecule has 0 aromatic heterocycles. The average molecular weight is 428 g/mol. The molecule has 29 heavy (non-hydrogen) atoms. The van der Waals surface area contributed by atoms with Crippen LogP contribution in [0.2, 0.25) is 5.02 Å². The van der Waals surface area contributed by atoms with E-state index in [0.717, 1.165) is 32.4 Å². The zero-order valence-electron chi connectivity index (χ0n) is 16.9. The number of rotatable bonds is 10. The van der Waals surface area contributed by atoms with E-state index in [0.29, 0.717) is 35.0 Å². The van der Waals surface area contributed by atoms with E-state index in [1.807, 2.05) is 0 Å². The Morgan fingerprint density at radius 1 is 1.31 bits per heavy atom. The molecule has 8 nitrogen and oxygen atoms in total. The molecule has 1 aliphatic rings. The van der Waals surface area contributed by atoms with Crippen molar-refractivity contribution in [1.82, 2.24) is 10.2 Å². The number of hydrogen-bond donors (Lipinski definition) is 3. The number of nitrogen functional groups attached to an aromatic ring is 1. The maximum absolute atomic E-state index is 12.8. The molecule has 0 spiro atoms. The summed E-state index contributed by atoms with van der Waals surface area (Å²) in [7, 11) is 3.12. The molecule has 1 aliphatic heterocycles. The fourth-order valence-electron chi connectivity index (χ4n) is 3.54. The molecule has 0 unspecified atom stereocenters. The van der Waals surface area contributed by atoms with E-state index in [1.54, 1.807) is 7.11 Å². The number of hydrogen-bond acceptors (Lipinski definition) is 6. The van der Waals surface area contributed by atoms with Crippen LogP contribution >= 0.6 is 11.6 Å². The highest BCUT2D eigenvalue weighted by Gasteiger charge is 2.31. The Morgan fingerprint density at radius 2 is 2.07 bits per heavy atom. The number of unbranched alkanes of at least 4 members (excludes halogenated alkanes) is 2.